The smallest absolute Gasteiger partial charge is 0.260 e. The van der Waals surface area contributed by atoms with Crippen LogP contribution in [-0.4, -0.2) is 35.6 Å². The number of carbonyl (C=O) groups is 1. The van der Waals surface area contributed by atoms with E-state index in [9.17, 15) is 13.2 Å². The van der Waals surface area contributed by atoms with Crippen molar-refractivity contribution in [3.8, 4) is 0 Å². The van der Waals surface area contributed by atoms with Crippen molar-refractivity contribution in [2.24, 2.45) is 0 Å². The molecule has 39 heavy (non-hydrogen) atoms. The summed E-state index contributed by atoms with van der Waals surface area (Å²) >= 11 is 7.69. The van der Waals surface area contributed by atoms with Gasteiger partial charge in [0.1, 0.15) is 0 Å². The van der Waals surface area contributed by atoms with Gasteiger partial charge in [-0.3, -0.25) is 14.7 Å². The maximum Gasteiger partial charge on any atom is 0.260 e. The average Bonchev–Trinajstić information content (AvgIpc) is 3.39. The minimum absolute atomic E-state index is 0.110. The number of anilines is 1. The summed E-state index contributed by atoms with van der Waals surface area (Å²) < 4.78 is 28.6. The molecule has 0 atom stereocenters. The third kappa shape index (κ3) is 5.72. The third-order valence-electron chi connectivity index (χ3n) is 6.32. The molecule has 0 N–H and O–H groups in total. The van der Waals surface area contributed by atoms with Crippen LogP contribution in [0.25, 0.3) is 10.2 Å². The Bertz CT molecular complexity index is 1730. The Kier molecular flexibility index (Phi) is 7.76. The molecule has 2 heterocycles. The number of carbonyl (C=O) groups excluding carboxylic acids is 1. The molecule has 5 aromatic rings. The molecule has 1 amide bonds. The second-order valence-corrected chi connectivity index (χ2v) is 12.5. The van der Waals surface area contributed by atoms with Crippen LogP contribution in [0.2, 0.25) is 5.02 Å². The van der Waals surface area contributed by atoms with Crippen molar-refractivity contribution in [1.29, 1.82) is 0 Å². The standard InChI is InChI=1S/C29H25ClN4O3S2/c1-20-25(30)15-16-26-27(20)32-29(38-26)34(19-23-10-6-7-17-31-23)28(35)22-11-13-24(14-12-22)39(36,37)33(2)18-21-8-4-3-5-9-21/h3-17H,18-19H2,1-2H3. The number of amides is 1. The van der Waals surface area contributed by atoms with E-state index in [4.69, 9.17) is 16.6 Å². The largest absolute Gasteiger partial charge is 0.278 e. The van der Waals surface area contributed by atoms with Gasteiger partial charge in [-0.15, -0.1) is 0 Å². The maximum atomic E-state index is 13.8. The molecule has 7 nitrogen and oxygen atoms in total. The first kappa shape index (κ1) is 27.0. The Morgan fingerprint density at radius 2 is 1.64 bits per heavy atom. The van der Waals surface area contributed by atoms with Gasteiger partial charge in [-0.2, -0.15) is 4.31 Å². The highest BCUT2D eigenvalue weighted by molar-refractivity contribution is 7.89. The van der Waals surface area contributed by atoms with Gasteiger partial charge in [-0.05, 0) is 66.6 Å². The highest BCUT2D eigenvalue weighted by Gasteiger charge is 2.25. The molecule has 5 rings (SSSR count). The SMILES string of the molecule is Cc1c(Cl)ccc2sc(N(Cc3ccccn3)C(=O)c3ccc(S(=O)(=O)N(C)Cc4ccccc4)cc3)nc12. The van der Waals surface area contributed by atoms with Crippen LogP contribution in [0, 0.1) is 6.92 Å². The second kappa shape index (κ2) is 11.2. The van der Waals surface area contributed by atoms with Crippen molar-refractivity contribution >= 4 is 54.2 Å². The van der Waals surface area contributed by atoms with Crippen molar-refractivity contribution < 1.29 is 13.2 Å². The number of aryl methyl sites for hydroxylation is 1. The summed E-state index contributed by atoms with van der Waals surface area (Å²) in [6.45, 7) is 2.34. The van der Waals surface area contributed by atoms with Crippen LogP contribution in [0.3, 0.4) is 0 Å². The Morgan fingerprint density at radius 3 is 2.33 bits per heavy atom. The maximum absolute atomic E-state index is 13.8. The number of pyridine rings is 1. The highest BCUT2D eigenvalue weighted by atomic mass is 35.5. The monoisotopic (exact) mass is 576 g/mol. The quantitative estimate of drug-likeness (QED) is 0.216. The van der Waals surface area contributed by atoms with Crippen LogP contribution in [0.4, 0.5) is 5.13 Å². The zero-order chi connectivity index (χ0) is 27.6. The Labute approximate surface area is 236 Å². The lowest BCUT2D eigenvalue weighted by Gasteiger charge is -2.20. The summed E-state index contributed by atoms with van der Waals surface area (Å²) in [4.78, 5) is 24.6. The molecule has 0 aliphatic rings. The number of sulfonamides is 1. The predicted molar refractivity (Wildman–Crippen MR) is 156 cm³/mol. The predicted octanol–water partition coefficient (Wildman–Crippen LogP) is 6.32. The van der Waals surface area contributed by atoms with E-state index in [1.54, 1.807) is 11.1 Å². The number of hydrogen-bond donors (Lipinski definition) is 0. The zero-order valence-corrected chi connectivity index (χ0v) is 23.7. The fourth-order valence-corrected chi connectivity index (χ4v) is 6.45. The molecule has 0 bridgehead atoms. The van der Waals surface area contributed by atoms with Crippen LogP contribution >= 0.6 is 22.9 Å². The summed E-state index contributed by atoms with van der Waals surface area (Å²) in [7, 11) is -2.21. The molecule has 10 heteroatoms. The number of hydrogen-bond acceptors (Lipinski definition) is 6. The second-order valence-electron chi connectivity index (χ2n) is 9.00. The van der Waals surface area contributed by atoms with Gasteiger partial charge < -0.3 is 0 Å². The topological polar surface area (TPSA) is 83.5 Å². The van der Waals surface area contributed by atoms with E-state index >= 15 is 0 Å². The van der Waals surface area contributed by atoms with Crippen LogP contribution in [-0.2, 0) is 23.1 Å². The molecule has 2 aromatic heterocycles. The fourth-order valence-electron chi connectivity index (χ4n) is 4.11. The van der Waals surface area contributed by atoms with Crippen LogP contribution < -0.4 is 4.90 Å². The van der Waals surface area contributed by atoms with Crippen molar-refractivity contribution in [2.75, 3.05) is 11.9 Å². The lowest BCUT2D eigenvalue weighted by molar-refractivity contribution is 0.0984. The van der Waals surface area contributed by atoms with Gasteiger partial charge in [0.25, 0.3) is 5.91 Å². The molecule has 0 saturated heterocycles. The molecule has 0 aliphatic carbocycles. The van der Waals surface area contributed by atoms with Gasteiger partial charge >= 0.3 is 0 Å². The van der Waals surface area contributed by atoms with E-state index in [1.807, 2.05) is 67.6 Å². The lowest BCUT2D eigenvalue weighted by Crippen LogP contribution is -2.31. The van der Waals surface area contributed by atoms with Gasteiger partial charge in [0.15, 0.2) is 5.13 Å². The first-order chi connectivity index (χ1) is 18.7. The first-order valence-electron chi connectivity index (χ1n) is 12.1. The molecule has 0 saturated carbocycles. The number of thiazole rings is 1. The Hall–Kier alpha value is -3.63. The van der Waals surface area contributed by atoms with Crippen molar-refractivity contribution in [3.63, 3.8) is 0 Å². The van der Waals surface area contributed by atoms with Gasteiger partial charge in [0.05, 0.1) is 27.4 Å². The molecule has 0 fully saturated rings. The first-order valence-corrected chi connectivity index (χ1v) is 14.8. The van der Waals surface area contributed by atoms with Gasteiger partial charge in [-0.25, -0.2) is 13.4 Å². The number of benzene rings is 3. The zero-order valence-electron chi connectivity index (χ0n) is 21.3. The molecule has 3 aromatic carbocycles. The van der Waals surface area contributed by atoms with Gasteiger partial charge in [-0.1, -0.05) is 59.3 Å². The lowest BCUT2D eigenvalue weighted by atomic mass is 10.2. The third-order valence-corrected chi connectivity index (χ3v) is 9.59. The Balaban J connectivity index is 1.45. The number of fused-ring (bicyclic) bond motifs is 1. The molecule has 0 aliphatic heterocycles. The van der Waals surface area contributed by atoms with E-state index in [2.05, 4.69) is 4.98 Å². The number of halogens is 1. The summed E-state index contributed by atoms with van der Waals surface area (Å²) in [5.41, 5.74) is 3.50. The summed E-state index contributed by atoms with van der Waals surface area (Å²) in [6.07, 6.45) is 1.67. The molecular formula is C29H25ClN4O3S2. The molecule has 0 unspecified atom stereocenters. The van der Waals surface area contributed by atoms with Crippen molar-refractivity contribution in [2.45, 2.75) is 24.9 Å². The number of nitrogens with zero attached hydrogens (tertiary/aromatic N) is 4. The van der Waals surface area contributed by atoms with Gasteiger partial charge in [0.2, 0.25) is 10.0 Å². The fraction of sp³-hybridized carbons (Fsp3) is 0.138. The van der Waals surface area contributed by atoms with E-state index in [0.717, 1.165) is 21.3 Å². The highest BCUT2D eigenvalue weighted by Crippen LogP contribution is 2.34. The summed E-state index contributed by atoms with van der Waals surface area (Å²) in [5, 5.41) is 1.11. The minimum atomic E-state index is -3.75. The number of rotatable bonds is 8. The van der Waals surface area contributed by atoms with Crippen LogP contribution in [0.1, 0.15) is 27.2 Å². The van der Waals surface area contributed by atoms with Crippen LogP contribution in [0.15, 0.2) is 96.0 Å². The van der Waals surface area contributed by atoms with E-state index in [-0.39, 0.29) is 23.9 Å². The Morgan fingerprint density at radius 1 is 0.923 bits per heavy atom. The molecule has 0 spiro atoms. The summed E-state index contributed by atoms with van der Waals surface area (Å²) in [5.74, 6) is -0.315. The van der Waals surface area contributed by atoms with E-state index in [1.165, 1.54) is 47.0 Å². The van der Waals surface area contributed by atoms with E-state index in [0.29, 0.717) is 21.4 Å². The van der Waals surface area contributed by atoms with E-state index < -0.39 is 10.0 Å². The minimum Gasteiger partial charge on any atom is -0.278 e. The molecule has 0 radical (unpaired) electrons. The van der Waals surface area contributed by atoms with Crippen molar-refractivity contribution in [3.05, 3.63) is 119 Å². The number of aromatic nitrogens is 2. The normalized spacial score (nSPS) is 11.7. The molecular weight excluding hydrogens is 552 g/mol. The molecule has 198 valence electrons. The van der Waals surface area contributed by atoms with Gasteiger partial charge in [0, 0.05) is 30.4 Å². The summed E-state index contributed by atoms with van der Waals surface area (Å²) in [6, 6.07) is 24.6. The van der Waals surface area contributed by atoms with Crippen LogP contribution in [0.5, 0.6) is 0 Å². The van der Waals surface area contributed by atoms with Crippen molar-refractivity contribution in [1.82, 2.24) is 14.3 Å². The average molecular weight is 577 g/mol.